The summed E-state index contributed by atoms with van der Waals surface area (Å²) >= 11 is 0. The zero-order valence-electron chi connectivity index (χ0n) is 12.8. The van der Waals surface area contributed by atoms with Crippen molar-refractivity contribution in [3.8, 4) is 0 Å². The standard InChI is InChI=1S/C16H23N3O3/c1-11-2-5-13(18-10-11)8-9-17-16(22)19-14-6-3-12(4-7-14)15(20)21/h2,5,10,12,14H,3-4,6-9H2,1H3,(H,20,21)(H2,17,19,22). The van der Waals surface area contributed by atoms with Gasteiger partial charge < -0.3 is 15.7 Å². The Balaban J connectivity index is 1.64. The minimum Gasteiger partial charge on any atom is -0.481 e. The van der Waals surface area contributed by atoms with Crippen molar-refractivity contribution in [1.29, 1.82) is 0 Å². The van der Waals surface area contributed by atoms with Gasteiger partial charge in [0.05, 0.1) is 5.92 Å². The summed E-state index contributed by atoms with van der Waals surface area (Å²) in [6.45, 7) is 2.52. The van der Waals surface area contributed by atoms with Crippen LogP contribution in [0.5, 0.6) is 0 Å². The van der Waals surface area contributed by atoms with Crippen LogP contribution in [-0.4, -0.2) is 34.7 Å². The topological polar surface area (TPSA) is 91.3 Å². The molecule has 1 aliphatic carbocycles. The van der Waals surface area contributed by atoms with E-state index in [0.29, 0.717) is 25.8 Å². The van der Waals surface area contributed by atoms with Crippen LogP contribution in [0.1, 0.15) is 36.9 Å². The maximum Gasteiger partial charge on any atom is 0.315 e. The summed E-state index contributed by atoms with van der Waals surface area (Å²) < 4.78 is 0. The first-order valence-electron chi connectivity index (χ1n) is 7.73. The van der Waals surface area contributed by atoms with Crippen LogP contribution in [0.3, 0.4) is 0 Å². The number of hydrogen-bond donors (Lipinski definition) is 3. The fraction of sp³-hybridized carbons (Fsp3) is 0.562. The van der Waals surface area contributed by atoms with Crippen molar-refractivity contribution >= 4 is 12.0 Å². The molecular weight excluding hydrogens is 282 g/mol. The Bertz CT molecular complexity index is 508. The Labute approximate surface area is 130 Å². The lowest BCUT2D eigenvalue weighted by Gasteiger charge is -2.26. The number of carbonyl (C=O) groups is 2. The second-order valence-corrected chi connectivity index (χ2v) is 5.86. The Morgan fingerprint density at radius 3 is 2.59 bits per heavy atom. The van der Waals surface area contributed by atoms with Crippen LogP contribution in [-0.2, 0) is 11.2 Å². The quantitative estimate of drug-likeness (QED) is 0.774. The molecule has 1 fully saturated rings. The number of nitrogens with zero attached hydrogens (tertiary/aromatic N) is 1. The molecule has 120 valence electrons. The summed E-state index contributed by atoms with van der Waals surface area (Å²) in [5.41, 5.74) is 2.07. The molecule has 6 nitrogen and oxygen atoms in total. The number of carbonyl (C=O) groups excluding carboxylic acids is 1. The van der Waals surface area contributed by atoms with Crippen LogP contribution in [0.2, 0.25) is 0 Å². The number of aryl methyl sites for hydroxylation is 1. The molecule has 2 amide bonds. The third-order valence-corrected chi connectivity index (χ3v) is 4.05. The molecule has 0 saturated heterocycles. The minimum absolute atomic E-state index is 0.0769. The highest BCUT2D eigenvalue weighted by atomic mass is 16.4. The predicted molar refractivity (Wildman–Crippen MR) is 82.6 cm³/mol. The highest BCUT2D eigenvalue weighted by Crippen LogP contribution is 2.24. The Kier molecular flexibility index (Phi) is 5.75. The molecule has 1 saturated carbocycles. The van der Waals surface area contributed by atoms with Crippen molar-refractivity contribution < 1.29 is 14.7 Å². The van der Waals surface area contributed by atoms with Gasteiger partial charge in [0.2, 0.25) is 0 Å². The molecule has 1 aromatic heterocycles. The Hall–Kier alpha value is -2.11. The maximum absolute atomic E-state index is 11.8. The van der Waals surface area contributed by atoms with E-state index in [1.54, 1.807) is 0 Å². The molecular formula is C16H23N3O3. The van der Waals surface area contributed by atoms with Crippen LogP contribution in [0.25, 0.3) is 0 Å². The monoisotopic (exact) mass is 305 g/mol. The van der Waals surface area contributed by atoms with Crippen molar-refractivity contribution in [3.05, 3.63) is 29.6 Å². The number of urea groups is 1. The van der Waals surface area contributed by atoms with E-state index >= 15 is 0 Å². The SMILES string of the molecule is Cc1ccc(CCNC(=O)NC2CCC(C(=O)O)CC2)nc1. The van der Waals surface area contributed by atoms with Gasteiger partial charge in [-0.3, -0.25) is 9.78 Å². The van der Waals surface area contributed by atoms with E-state index in [1.807, 2.05) is 25.3 Å². The summed E-state index contributed by atoms with van der Waals surface area (Å²) in [5.74, 6) is -0.984. The average molecular weight is 305 g/mol. The van der Waals surface area contributed by atoms with Crippen molar-refractivity contribution in [2.24, 2.45) is 5.92 Å². The second-order valence-electron chi connectivity index (χ2n) is 5.86. The molecule has 0 atom stereocenters. The number of aromatic nitrogens is 1. The summed E-state index contributed by atoms with van der Waals surface area (Å²) in [6, 6.07) is 3.85. The summed E-state index contributed by atoms with van der Waals surface area (Å²) in [5, 5.41) is 14.7. The number of carboxylic acids is 1. The van der Waals surface area contributed by atoms with Gasteiger partial charge in [-0.25, -0.2) is 4.79 Å². The number of hydrogen-bond acceptors (Lipinski definition) is 3. The van der Waals surface area contributed by atoms with E-state index in [4.69, 9.17) is 5.11 Å². The van der Waals surface area contributed by atoms with Gasteiger partial charge in [0.25, 0.3) is 0 Å². The van der Waals surface area contributed by atoms with Crippen LogP contribution >= 0.6 is 0 Å². The van der Waals surface area contributed by atoms with Crippen LogP contribution in [0.4, 0.5) is 4.79 Å². The number of carboxylic acid groups (broad SMARTS) is 1. The number of aliphatic carboxylic acids is 1. The van der Waals surface area contributed by atoms with Gasteiger partial charge in [-0.15, -0.1) is 0 Å². The molecule has 1 heterocycles. The van der Waals surface area contributed by atoms with E-state index in [1.165, 1.54) is 0 Å². The van der Waals surface area contributed by atoms with E-state index in [-0.39, 0.29) is 18.0 Å². The van der Waals surface area contributed by atoms with E-state index < -0.39 is 5.97 Å². The van der Waals surface area contributed by atoms with E-state index in [9.17, 15) is 9.59 Å². The van der Waals surface area contributed by atoms with Gasteiger partial charge in [-0.2, -0.15) is 0 Å². The lowest BCUT2D eigenvalue weighted by molar-refractivity contribution is -0.142. The molecule has 2 rings (SSSR count). The van der Waals surface area contributed by atoms with Gasteiger partial charge in [0, 0.05) is 30.9 Å². The molecule has 0 radical (unpaired) electrons. The number of rotatable bonds is 5. The zero-order chi connectivity index (χ0) is 15.9. The smallest absolute Gasteiger partial charge is 0.315 e. The molecule has 0 aromatic carbocycles. The summed E-state index contributed by atoms with van der Waals surface area (Å²) in [4.78, 5) is 27.0. The Morgan fingerprint density at radius 1 is 1.27 bits per heavy atom. The second kappa shape index (κ2) is 7.77. The molecule has 0 aliphatic heterocycles. The van der Waals surface area contributed by atoms with Crippen LogP contribution in [0, 0.1) is 12.8 Å². The largest absolute Gasteiger partial charge is 0.481 e. The lowest BCUT2D eigenvalue weighted by atomic mass is 9.86. The molecule has 0 unspecified atom stereocenters. The van der Waals surface area contributed by atoms with E-state index in [0.717, 1.165) is 24.1 Å². The van der Waals surface area contributed by atoms with Crippen molar-refractivity contribution in [2.45, 2.75) is 45.1 Å². The Morgan fingerprint density at radius 2 is 2.00 bits per heavy atom. The lowest BCUT2D eigenvalue weighted by Crippen LogP contribution is -2.44. The zero-order valence-corrected chi connectivity index (χ0v) is 12.8. The van der Waals surface area contributed by atoms with Gasteiger partial charge >= 0.3 is 12.0 Å². The van der Waals surface area contributed by atoms with Gasteiger partial charge in [0.15, 0.2) is 0 Å². The molecule has 1 aliphatic rings. The molecule has 0 spiro atoms. The average Bonchev–Trinajstić information content (AvgIpc) is 2.50. The number of amides is 2. The molecule has 3 N–H and O–H groups in total. The first kappa shape index (κ1) is 16.3. The van der Waals surface area contributed by atoms with Gasteiger partial charge in [-0.05, 0) is 44.2 Å². The fourth-order valence-corrected chi connectivity index (χ4v) is 2.67. The van der Waals surface area contributed by atoms with Crippen LogP contribution in [0.15, 0.2) is 18.3 Å². The third-order valence-electron chi connectivity index (χ3n) is 4.05. The fourth-order valence-electron chi connectivity index (χ4n) is 2.67. The summed E-state index contributed by atoms with van der Waals surface area (Å²) in [7, 11) is 0. The number of pyridine rings is 1. The highest BCUT2D eigenvalue weighted by Gasteiger charge is 2.26. The van der Waals surface area contributed by atoms with Crippen molar-refractivity contribution in [1.82, 2.24) is 15.6 Å². The molecule has 22 heavy (non-hydrogen) atoms. The normalized spacial score (nSPS) is 21.1. The predicted octanol–water partition coefficient (Wildman–Crippen LogP) is 1.88. The molecule has 6 heteroatoms. The molecule has 1 aromatic rings. The minimum atomic E-state index is -0.728. The van der Waals surface area contributed by atoms with Crippen molar-refractivity contribution in [2.75, 3.05) is 6.54 Å². The first-order valence-corrected chi connectivity index (χ1v) is 7.73. The maximum atomic E-state index is 11.8. The highest BCUT2D eigenvalue weighted by molar-refractivity contribution is 5.74. The molecule has 0 bridgehead atoms. The van der Waals surface area contributed by atoms with Crippen LogP contribution < -0.4 is 10.6 Å². The van der Waals surface area contributed by atoms with Crippen molar-refractivity contribution in [3.63, 3.8) is 0 Å². The third kappa shape index (κ3) is 5.02. The van der Waals surface area contributed by atoms with Gasteiger partial charge in [0.1, 0.15) is 0 Å². The van der Waals surface area contributed by atoms with Gasteiger partial charge in [-0.1, -0.05) is 6.07 Å². The number of nitrogens with one attached hydrogen (secondary N) is 2. The first-order chi connectivity index (χ1) is 10.5. The van der Waals surface area contributed by atoms with E-state index in [2.05, 4.69) is 15.6 Å². The summed E-state index contributed by atoms with van der Waals surface area (Å²) in [6.07, 6.45) is 5.23.